The summed E-state index contributed by atoms with van der Waals surface area (Å²) in [5, 5.41) is 9.06. The molecule has 1 atom stereocenters. The van der Waals surface area contributed by atoms with Crippen molar-refractivity contribution in [3.8, 4) is 0 Å². The number of piperazine rings is 1. The van der Waals surface area contributed by atoms with Crippen LogP contribution in [-0.4, -0.2) is 84.8 Å². The molecule has 0 aliphatic carbocycles. The van der Waals surface area contributed by atoms with Gasteiger partial charge in [0.1, 0.15) is 11.5 Å². The molecule has 0 unspecified atom stereocenters. The van der Waals surface area contributed by atoms with Crippen LogP contribution >= 0.6 is 0 Å². The number of rotatable bonds is 7. The molecule has 0 spiro atoms. The maximum atomic E-state index is 9.06. The largest absolute Gasteiger partial charge is 0.466 e. The van der Waals surface area contributed by atoms with Gasteiger partial charge in [-0.15, -0.1) is 0 Å². The Morgan fingerprint density at radius 3 is 2.32 bits per heavy atom. The molecule has 2 fully saturated rings. The first-order chi connectivity index (χ1) is 12.2. The Bertz CT molecular complexity index is 503. The maximum Gasteiger partial charge on any atom is 0.107 e. The molecule has 1 aromatic rings. The molecule has 0 bridgehead atoms. The first-order valence-corrected chi connectivity index (χ1v) is 10.0. The Morgan fingerprint density at radius 1 is 1.04 bits per heavy atom. The first-order valence-electron chi connectivity index (χ1n) is 10.0. The van der Waals surface area contributed by atoms with Crippen LogP contribution < -0.4 is 0 Å². The second-order valence-corrected chi connectivity index (χ2v) is 7.81. The molecule has 1 aromatic heterocycles. The smallest absolute Gasteiger partial charge is 0.107 e. The van der Waals surface area contributed by atoms with Crippen LogP contribution in [0.5, 0.6) is 0 Å². The molecule has 1 N–H and O–H groups in total. The molecule has 142 valence electrons. The van der Waals surface area contributed by atoms with Crippen LogP contribution in [-0.2, 0) is 0 Å². The molecule has 2 aliphatic heterocycles. The van der Waals surface area contributed by atoms with Gasteiger partial charge in [-0.2, -0.15) is 0 Å². The van der Waals surface area contributed by atoms with Crippen LogP contribution in [0.15, 0.2) is 16.5 Å². The second-order valence-electron chi connectivity index (χ2n) is 7.81. The molecule has 0 amide bonds. The summed E-state index contributed by atoms with van der Waals surface area (Å²) in [5.41, 5.74) is 0. The SMILES string of the molecule is Cc1ccc([C@H](C)CCN2CCC(N3CCN(CCO)CC3)CC2)o1. The third kappa shape index (κ3) is 5.30. The van der Waals surface area contributed by atoms with Crippen molar-refractivity contribution in [1.82, 2.24) is 14.7 Å². The lowest BCUT2D eigenvalue weighted by Gasteiger charge is -2.42. The monoisotopic (exact) mass is 349 g/mol. The third-order valence-electron chi connectivity index (χ3n) is 6.02. The summed E-state index contributed by atoms with van der Waals surface area (Å²) in [6, 6.07) is 4.96. The first kappa shape index (κ1) is 18.9. The van der Waals surface area contributed by atoms with Gasteiger partial charge in [0.15, 0.2) is 0 Å². The van der Waals surface area contributed by atoms with E-state index in [2.05, 4.69) is 33.8 Å². The molecule has 0 aromatic carbocycles. The van der Waals surface area contributed by atoms with Crippen molar-refractivity contribution in [1.29, 1.82) is 0 Å². The van der Waals surface area contributed by atoms with E-state index in [1.807, 2.05) is 6.92 Å². The molecule has 2 aliphatic rings. The van der Waals surface area contributed by atoms with Crippen LogP contribution in [0.25, 0.3) is 0 Å². The number of hydrogen-bond donors (Lipinski definition) is 1. The molecule has 3 rings (SSSR count). The highest BCUT2D eigenvalue weighted by atomic mass is 16.3. The molecular weight excluding hydrogens is 314 g/mol. The number of hydrogen-bond acceptors (Lipinski definition) is 5. The van der Waals surface area contributed by atoms with E-state index >= 15 is 0 Å². The van der Waals surface area contributed by atoms with Gasteiger partial charge in [-0.1, -0.05) is 6.92 Å². The van der Waals surface area contributed by atoms with E-state index in [1.54, 1.807) is 0 Å². The lowest BCUT2D eigenvalue weighted by Crippen LogP contribution is -2.53. The number of aliphatic hydroxyl groups is 1. The van der Waals surface area contributed by atoms with E-state index in [0.29, 0.717) is 5.92 Å². The fourth-order valence-corrected chi connectivity index (χ4v) is 4.24. The number of β-amino-alcohol motifs (C(OH)–C–C–N with tert-alkyl or cyclic N) is 1. The topological polar surface area (TPSA) is 43.1 Å². The highest BCUT2D eigenvalue weighted by Gasteiger charge is 2.27. The quantitative estimate of drug-likeness (QED) is 0.817. The minimum atomic E-state index is 0.286. The fraction of sp³-hybridized carbons (Fsp3) is 0.800. The van der Waals surface area contributed by atoms with Crippen LogP contribution in [0.1, 0.15) is 43.6 Å². The Hall–Kier alpha value is -0.880. The molecule has 0 radical (unpaired) electrons. The van der Waals surface area contributed by atoms with Gasteiger partial charge in [-0.05, 0) is 58.0 Å². The summed E-state index contributed by atoms with van der Waals surface area (Å²) in [4.78, 5) is 7.69. The van der Waals surface area contributed by atoms with Crippen molar-refractivity contribution in [3.63, 3.8) is 0 Å². The van der Waals surface area contributed by atoms with Crippen LogP contribution in [0.4, 0.5) is 0 Å². The Balaban J connectivity index is 1.35. The Labute approximate surface area is 152 Å². The van der Waals surface area contributed by atoms with Crippen molar-refractivity contribution in [2.45, 2.75) is 45.1 Å². The van der Waals surface area contributed by atoms with E-state index in [9.17, 15) is 0 Å². The Kier molecular flexibility index (Phi) is 6.93. The average Bonchev–Trinajstić information content (AvgIpc) is 3.08. The summed E-state index contributed by atoms with van der Waals surface area (Å²) in [6.45, 7) is 13.6. The highest BCUT2D eigenvalue weighted by molar-refractivity contribution is 5.09. The minimum absolute atomic E-state index is 0.286. The molecule has 5 nitrogen and oxygen atoms in total. The maximum absolute atomic E-state index is 9.06. The molecular formula is C20H35N3O2. The lowest BCUT2D eigenvalue weighted by molar-refractivity contribution is 0.0526. The molecule has 25 heavy (non-hydrogen) atoms. The molecule has 3 heterocycles. The van der Waals surface area contributed by atoms with E-state index in [4.69, 9.17) is 9.52 Å². The van der Waals surface area contributed by atoms with Gasteiger partial charge in [-0.25, -0.2) is 0 Å². The van der Waals surface area contributed by atoms with Gasteiger partial charge >= 0.3 is 0 Å². The van der Waals surface area contributed by atoms with Gasteiger partial charge in [0, 0.05) is 44.7 Å². The Morgan fingerprint density at radius 2 is 1.72 bits per heavy atom. The zero-order chi connectivity index (χ0) is 17.6. The highest BCUT2D eigenvalue weighted by Crippen LogP contribution is 2.23. The van der Waals surface area contributed by atoms with E-state index in [0.717, 1.165) is 37.2 Å². The minimum Gasteiger partial charge on any atom is -0.466 e. The van der Waals surface area contributed by atoms with Crippen molar-refractivity contribution in [2.75, 3.05) is 59.0 Å². The van der Waals surface area contributed by atoms with Crippen molar-refractivity contribution in [2.24, 2.45) is 0 Å². The van der Waals surface area contributed by atoms with E-state index in [1.165, 1.54) is 52.0 Å². The van der Waals surface area contributed by atoms with E-state index < -0.39 is 0 Å². The summed E-state index contributed by atoms with van der Waals surface area (Å²) in [6.07, 6.45) is 3.78. The van der Waals surface area contributed by atoms with Crippen LogP contribution in [0.2, 0.25) is 0 Å². The summed E-state index contributed by atoms with van der Waals surface area (Å²) in [5.74, 6) is 2.65. The zero-order valence-electron chi connectivity index (χ0n) is 16.0. The van der Waals surface area contributed by atoms with Gasteiger partial charge in [0.25, 0.3) is 0 Å². The number of piperidine rings is 1. The third-order valence-corrected chi connectivity index (χ3v) is 6.02. The second kappa shape index (κ2) is 9.17. The lowest BCUT2D eigenvalue weighted by atomic mass is 10.00. The number of aliphatic hydroxyl groups excluding tert-OH is 1. The number of aryl methyl sites for hydroxylation is 1. The molecule has 5 heteroatoms. The molecule has 0 saturated carbocycles. The van der Waals surface area contributed by atoms with Crippen molar-refractivity contribution in [3.05, 3.63) is 23.7 Å². The van der Waals surface area contributed by atoms with Crippen LogP contribution in [0, 0.1) is 6.92 Å². The number of nitrogens with zero attached hydrogens (tertiary/aromatic N) is 3. The standard InChI is InChI=1S/C20H35N3O2/c1-17(20-4-3-18(2)25-20)5-8-21-9-6-19(7-10-21)23-13-11-22(12-14-23)15-16-24/h3-4,17,19,24H,5-16H2,1-2H3/t17-/m1/s1. The predicted molar refractivity (Wildman–Crippen MR) is 101 cm³/mol. The van der Waals surface area contributed by atoms with Gasteiger partial charge in [0.05, 0.1) is 6.61 Å². The predicted octanol–water partition coefficient (Wildman–Crippen LogP) is 2.16. The summed E-state index contributed by atoms with van der Waals surface area (Å²) < 4.78 is 5.76. The van der Waals surface area contributed by atoms with E-state index in [-0.39, 0.29) is 6.61 Å². The normalized spacial score (nSPS) is 23.2. The average molecular weight is 350 g/mol. The van der Waals surface area contributed by atoms with Gasteiger partial charge in [-0.3, -0.25) is 9.80 Å². The number of likely N-dealkylation sites (tertiary alicyclic amines) is 1. The van der Waals surface area contributed by atoms with Crippen molar-refractivity contribution < 1.29 is 9.52 Å². The molecule has 2 saturated heterocycles. The summed E-state index contributed by atoms with van der Waals surface area (Å²) >= 11 is 0. The van der Waals surface area contributed by atoms with Crippen molar-refractivity contribution >= 4 is 0 Å². The summed E-state index contributed by atoms with van der Waals surface area (Å²) in [7, 11) is 0. The zero-order valence-corrected chi connectivity index (χ0v) is 16.0. The fourth-order valence-electron chi connectivity index (χ4n) is 4.24. The van der Waals surface area contributed by atoms with Gasteiger partial charge in [0.2, 0.25) is 0 Å². The van der Waals surface area contributed by atoms with Crippen LogP contribution in [0.3, 0.4) is 0 Å². The number of furan rings is 1. The van der Waals surface area contributed by atoms with Gasteiger partial charge < -0.3 is 14.4 Å².